The Bertz CT molecular complexity index is 3440. The molecule has 7 rings (SSSR count). The number of imide groups is 1. The van der Waals surface area contributed by atoms with E-state index in [-0.39, 0.29) is 106 Å². The Balaban J connectivity index is 0.923. The van der Waals surface area contributed by atoms with Crippen LogP contribution in [0.5, 0.6) is 23.0 Å². The molecule has 3 aliphatic rings. The number of benzene rings is 3. The van der Waals surface area contributed by atoms with Gasteiger partial charge in [-0.2, -0.15) is 8.42 Å². The molecule has 2 atom stereocenters. The van der Waals surface area contributed by atoms with Crippen LogP contribution in [0.1, 0.15) is 73.9 Å². The number of unbranched alkanes of at least 4 members (excludes halogenated alkanes) is 1. The fraction of sp³-hybridized carbons (Fsp3) is 0.424. The van der Waals surface area contributed by atoms with Gasteiger partial charge in [0.25, 0.3) is 27.6 Å². The minimum Gasteiger partial charge on any atom is -0.497 e. The molecule has 3 aliphatic heterocycles. The molecule has 5 N–H and O–H groups in total. The number of halogens is 2. The number of ether oxygens (including phenoxy) is 5. The number of nitro benzene ring substituents is 1. The van der Waals surface area contributed by atoms with Crippen LogP contribution in [0.2, 0.25) is 0 Å². The van der Waals surface area contributed by atoms with E-state index in [0.717, 1.165) is 20.4 Å². The molecule has 28 heteroatoms. The Morgan fingerprint density at radius 1 is 0.793 bits per heavy atom. The largest absolute Gasteiger partial charge is 0.737 e. The van der Waals surface area contributed by atoms with E-state index < -0.39 is 63.5 Å². The zero-order valence-electron chi connectivity index (χ0n) is 49.8. The van der Waals surface area contributed by atoms with E-state index in [1.165, 1.54) is 45.6 Å². The van der Waals surface area contributed by atoms with Gasteiger partial charge in [0.1, 0.15) is 29.9 Å². The van der Waals surface area contributed by atoms with Gasteiger partial charge in [-0.1, -0.05) is 0 Å². The van der Waals surface area contributed by atoms with Crippen LogP contribution < -0.4 is 40.2 Å². The quantitative estimate of drug-likeness (QED) is 0.00785. The summed E-state index contributed by atoms with van der Waals surface area (Å²) in [5, 5.41) is 22.9. The molecule has 0 aliphatic carbocycles. The van der Waals surface area contributed by atoms with Crippen molar-refractivity contribution in [1.29, 1.82) is 0 Å². The Hall–Kier alpha value is -8.31. The predicted molar refractivity (Wildman–Crippen MR) is 320 cm³/mol. The van der Waals surface area contributed by atoms with Crippen molar-refractivity contribution >= 4 is 64.1 Å². The molecule has 0 radical (unpaired) electrons. The lowest BCUT2D eigenvalue weighted by Crippen LogP contribution is -2.51. The fourth-order valence-corrected chi connectivity index (χ4v) is 11.0. The smallest absolute Gasteiger partial charge is 0.497 e. The highest BCUT2D eigenvalue weighted by atomic mass is 32.2. The van der Waals surface area contributed by atoms with Gasteiger partial charge in [0.15, 0.2) is 22.9 Å². The number of rotatable bonds is 34. The highest BCUT2D eigenvalue weighted by Gasteiger charge is 2.55. The molecular formula is C59H75BF2N9O15S+. The van der Waals surface area contributed by atoms with Gasteiger partial charge in [-0.05, 0) is 104 Å². The molecule has 1 aromatic heterocycles. The van der Waals surface area contributed by atoms with Gasteiger partial charge in [0, 0.05) is 85.2 Å². The lowest BCUT2D eigenvalue weighted by atomic mass is 9.87. The SMILES string of the molecule is COc1ccc(C2=[N+]3C(=Cc4c(CCC[N+](C)(C)C)cc(-c5ccc(OC)cc5)n4[B-]3(F)F)C(CCC(=O)NC(CS(=O)(=O)O)C(=O)NCCCCC(=O)NCCOc3cc([N+](=O)[O-])c(C(C)NCCOCCN4C(=O)C=CC4=O)cc3OC)=C2)cc1. The number of fused-ring (bicyclic) bond motifs is 2. The molecule has 0 bridgehead atoms. The van der Waals surface area contributed by atoms with Gasteiger partial charge in [0.2, 0.25) is 17.7 Å². The normalized spacial score (nSPS) is 15.1. The molecule has 3 aromatic carbocycles. The molecule has 4 aromatic rings. The van der Waals surface area contributed by atoms with E-state index in [1.54, 1.807) is 73.7 Å². The highest BCUT2D eigenvalue weighted by Crippen LogP contribution is 2.43. The van der Waals surface area contributed by atoms with Crippen molar-refractivity contribution in [1.82, 2.24) is 30.6 Å². The van der Waals surface area contributed by atoms with Gasteiger partial charge in [0.05, 0.1) is 91.9 Å². The van der Waals surface area contributed by atoms with E-state index in [0.29, 0.717) is 74.6 Å². The molecule has 2 unspecified atom stereocenters. The average molecular weight is 1230 g/mol. The molecule has 468 valence electrons. The van der Waals surface area contributed by atoms with Gasteiger partial charge >= 0.3 is 6.97 Å². The third-order valence-electron chi connectivity index (χ3n) is 14.8. The summed E-state index contributed by atoms with van der Waals surface area (Å²) in [7, 11) is 5.75. The standard InChI is InChI=1S/C59H74BF2N9O15S/c1-39(63-26-30-85-32-28-67-57(74)23-24-58(67)75)46-35-53(84-7)54(37-52(46)70(77)78)86-31-27-64-55(72)12-8-9-25-65-59(76)47(38-87(79,80)81)66-56(73)22-17-43-34-49(41-15-20-45(83-6)21-16-41)69-51(43)36-50-42(11-10-29-71(2,3)4)33-48(68(50)60(69,61)62)40-13-18-44(82-5)19-14-40/h13-16,18-21,23-24,33-37,39,47,63H,8-12,17,22,25-32,38H2,1-7H3,(H3-,64,65,66,72,73,76,79,80,81)/p+1. The number of methoxy groups -OCH3 is 3. The van der Waals surface area contributed by atoms with Crippen LogP contribution in [-0.4, -0.2) is 185 Å². The summed E-state index contributed by atoms with van der Waals surface area (Å²) in [5.41, 5.74) is 3.16. The first kappa shape index (κ1) is 66.2. The lowest BCUT2D eigenvalue weighted by Gasteiger charge is -2.32. The van der Waals surface area contributed by atoms with Crippen molar-refractivity contribution in [3.05, 3.63) is 129 Å². The number of amides is 5. The third-order valence-corrected chi connectivity index (χ3v) is 15.5. The number of nitrogens with zero attached hydrogens (tertiary/aromatic N) is 5. The van der Waals surface area contributed by atoms with E-state index in [2.05, 4.69) is 42.4 Å². The van der Waals surface area contributed by atoms with Crippen LogP contribution in [0.3, 0.4) is 0 Å². The Morgan fingerprint density at radius 2 is 1.46 bits per heavy atom. The number of nitro groups is 1. The minimum atomic E-state index is -4.82. The van der Waals surface area contributed by atoms with Crippen LogP contribution in [0.25, 0.3) is 17.3 Å². The van der Waals surface area contributed by atoms with Gasteiger partial charge in [-0.3, -0.25) is 43.5 Å². The average Bonchev–Trinajstić information content (AvgIpc) is 1.58. The van der Waals surface area contributed by atoms with Gasteiger partial charge < -0.3 is 67.0 Å². The lowest BCUT2D eigenvalue weighted by molar-refractivity contribution is -0.870. The topological polar surface area (TPSA) is 288 Å². The fourth-order valence-electron chi connectivity index (χ4n) is 10.3. The summed E-state index contributed by atoms with van der Waals surface area (Å²) >= 11 is 0. The third kappa shape index (κ3) is 17.5. The molecule has 5 amide bonds. The van der Waals surface area contributed by atoms with Gasteiger partial charge in [-0.15, -0.1) is 0 Å². The maximum atomic E-state index is 17.8. The number of carbonyl (C=O) groups excluding carboxylic acids is 5. The van der Waals surface area contributed by atoms with Crippen molar-refractivity contribution in [2.24, 2.45) is 0 Å². The first-order valence-electron chi connectivity index (χ1n) is 28.4. The summed E-state index contributed by atoms with van der Waals surface area (Å²) in [4.78, 5) is 75.9. The monoisotopic (exact) mass is 1230 g/mol. The van der Waals surface area contributed by atoms with Crippen LogP contribution in [0, 0.1) is 10.1 Å². The number of hydrogen-bond acceptors (Lipinski definition) is 15. The molecule has 87 heavy (non-hydrogen) atoms. The summed E-state index contributed by atoms with van der Waals surface area (Å²) in [5.74, 6) is -2.72. The van der Waals surface area contributed by atoms with Crippen molar-refractivity contribution in [2.45, 2.75) is 64.0 Å². The number of allylic oxidation sites excluding steroid dienone is 2. The van der Waals surface area contributed by atoms with Crippen molar-refractivity contribution in [3.8, 4) is 34.3 Å². The van der Waals surface area contributed by atoms with E-state index in [1.807, 2.05) is 0 Å². The molecular weight excluding hydrogens is 1160 g/mol. The van der Waals surface area contributed by atoms with Crippen molar-refractivity contribution < 1.29 is 83.2 Å². The number of quaternary nitrogens is 1. The summed E-state index contributed by atoms with van der Waals surface area (Å²) in [6, 6.07) is 15.8. The van der Waals surface area contributed by atoms with Crippen molar-refractivity contribution in [2.75, 3.05) is 101 Å². The molecule has 0 saturated heterocycles. The zero-order chi connectivity index (χ0) is 63.2. The zero-order valence-corrected chi connectivity index (χ0v) is 50.6. The van der Waals surface area contributed by atoms with Crippen LogP contribution in [0.4, 0.5) is 14.3 Å². The first-order valence-corrected chi connectivity index (χ1v) is 30.0. The Labute approximate surface area is 503 Å². The molecule has 4 heterocycles. The molecule has 0 fully saturated rings. The maximum Gasteiger partial charge on any atom is 0.737 e. The highest BCUT2D eigenvalue weighted by molar-refractivity contribution is 7.85. The number of carbonyl (C=O) groups is 5. The van der Waals surface area contributed by atoms with Crippen LogP contribution in [0.15, 0.2) is 96.2 Å². The van der Waals surface area contributed by atoms with Crippen LogP contribution >= 0.6 is 0 Å². The summed E-state index contributed by atoms with van der Waals surface area (Å²) in [6.45, 7) is -1.52. The first-order chi connectivity index (χ1) is 41.3. The van der Waals surface area contributed by atoms with E-state index in [4.69, 9.17) is 23.7 Å². The second kappa shape index (κ2) is 29.4. The van der Waals surface area contributed by atoms with Crippen LogP contribution in [-0.2, 0) is 45.2 Å². The van der Waals surface area contributed by atoms with Crippen molar-refractivity contribution in [3.63, 3.8) is 0 Å². The Morgan fingerprint density at radius 3 is 2.08 bits per heavy atom. The maximum absolute atomic E-state index is 17.8. The van der Waals surface area contributed by atoms with E-state index >= 15 is 8.63 Å². The molecule has 0 spiro atoms. The van der Waals surface area contributed by atoms with Gasteiger partial charge in [-0.25, -0.2) is 0 Å². The second-order valence-corrected chi connectivity index (χ2v) is 23.5. The summed E-state index contributed by atoms with van der Waals surface area (Å²) < 4.78 is 100. The second-order valence-electron chi connectivity index (χ2n) is 22.0. The van der Waals surface area contributed by atoms with E-state index in [9.17, 15) is 47.1 Å². The number of aryl methyl sites for hydroxylation is 1. The number of aromatic nitrogens is 1. The molecule has 24 nitrogen and oxygen atoms in total. The summed E-state index contributed by atoms with van der Waals surface area (Å²) in [6.07, 6.45) is 6.97. The Kier molecular flexibility index (Phi) is 22.4. The number of nitrogens with one attached hydrogen (secondary N) is 4. The predicted octanol–water partition coefficient (Wildman–Crippen LogP) is 4.97. The number of hydrogen-bond donors (Lipinski definition) is 5. The molecule has 0 saturated carbocycles. The minimum absolute atomic E-state index is 0.0116.